The molecule has 1 aromatic heterocycles. The van der Waals surface area contributed by atoms with Gasteiger partial charge in [0.15, 0.2) is 0 Å². The van der Waals surface area contributed by atoms with Crippen LogP contribution in [0.4, 0.5) is 0 Å². The van der Waals surface area contributed by atoms with Crippen molar-refractivity contribution in [3.8, 4) is 11.4 Å². The second-order valence-corrected chi connectivity index (χ2v) is 5.21. The smallest absolute Gasteiger partial charge is 0.307 e. The number of hydrogen-bond acceptors (Lipinski definition) is 4. The van der Waals surface area contributed by atoms with Crippen LogP contribution in [0.5, 0.6) is 0 Å². The molecular formula is C13H13BrN2O3. The number of carbonyl (C=O) groups is 1. The maximum atomic E-state index is 10.9. The first kappa shape index (κ1) is 13.7. The lowest BCUT2D eigenvalue weighted by atomic mass is 9.96. The molecule has 0 aliphatic rings. The zero-order chi connectivity index (χ0) is 14.0. The molecule has 2 rings (SSSR count). The van der Waals surface area contributed by atoms with Crippen molar-refractivity contribution in [2.45, 2.75) is 19.8 Å². The lowest BCUT2D eigenvalue weighted by molar-refractivity contribution is -0.141. The maximum absolute atomic E-state index is 10.9. The fraction of sp³-hybridized carbons (Fsp3) is 0.308. The highest BCUT2D eigenvalue weighted by Crippen LogP contribution is 2.28. The molecule has 100 valence electrons. The third-order valence-electron chi connectivity index (χ3n) is 3.09. The van der Waals surface area contributed by atoms with E-state index in [1.807, 2.05) is 24.3 Å². The Morgan fingerprint density at radius 3 is 2.68 bits per heavy atom. The summed E-state index contributed by atoms with van der Waals surface area (Å²) in [7, 11) is 0. The second-order valence-electron chi connectivity index (χ2n) is 4.35. The van der Waals surface area contributed by atoms with Crippen LogP contribution in [0.2, 0.25) is 0 Å². The number of nitrogens with zero attached hydrogens (tertiary/aromatic N) is 2. The number of carboxylic acids is 1. The predicted octanol–water partition coefficient (Wildman–Crippen LogP) is 3.32. The molecule has 2 atom stereocenters. The van der Waals surface area contributed by atoms with Crippen LogP contribution in [0.25, 0.3) is 11.4 Å². The topological polar surface area (TPSA) is 76.2 Å². The Morgan fingerprint density at radius 1 is 1.37 bits per heavy atom. The quantitative estimate of drug-likeness (QED) is 0.933. The van der Waals surface area contributed by atoms with Gasteiger partial charge in [0.1, 0.15) is 0 Å². The Hall–Kier alpha value is -1.69. The molecule has 19 heavy (non-hydrogen) atoms. The number of rotatable bonds is 4. The van der Waals surface area contributed by atoms with Crippen LogP contribution >= 0.6 is 15.9 Å². The van der Waals surface area contributed by atoms with Crippen molar-refractivity contribution in [1.29, 1.82) is 0 Å². The highest BCUT2D eigenvalue weighted by molar-refractivity contribution is 9.10. The highest BCUT2D eigenvalue weighted by atomic mass is 79.9. The summed E-state index contributed by atoms with van der Waals surface area (Å²) in [5.74, 6) is -1.01. The molecule has 1 aromatic carbocycles. The van der Waals surface area contributed by atoms with Crippen molar-refractivity contribution in [3.05, 3.63) is 34.6 Å². The number of aliphatic carboxylic acids is 1. The molecule has 2 aromatic rings. The van der Waals surface area contributed by atoms with Gasteiger partial charge in [0.05, 0.1) is 5.92 Å². The predicted molar refractivity (Wildman–Crippen MR) is 72.6 cm³/mol. The highest BCUT2D eigenvalue weighted by Gasteiger charge is 2.26. The first-order valence-electron chi connectivity index (χ1n) is 5.82. The van der Waals surface area contributed by atoms with Crippen molar-refractivity contribution in [1.82, 2.24) is 10.1 Å². The lowest BCUT2D eigenvalue weighted by Crippen LogP contribution is -2.16. The first-order chi connectivity index (χ1) is 9.00. The van der Waals surface area contributed by atoms with E-state index in [4.69, 9.17) is 9.63 Å². The van der Waals surface area contributed by atoms with E-state index < -0.39 is 11.9 Å². The monoisotopic (exact) mass is 324 g/mol. The summed E-state index contributed by atoms with van der Waals surface area (Å²) in [5.41, 5.74) is 0.813. The van der Waals surface area contributed by atoms with Gasteiger partial charge in [0.25, 0.3) is 0 Å². The van der Waals surface area contributed by atoms with Crippen LogP contribution in [0.1, 0.15) is 25.7 Å². The van der Waals surface area contributed by atoms with Gasteiger partial charge in [-0.15, -0.1) is 0 Å². The van der Waals surface area contributed by atoms with Crippen LogP contribution in [-0.4, -0.2) is 21.2 Å². The molecular weight excluding hydrogens is 312 g/mol. The molecule has 0 aliphatic carbocycles. The van der Waals surface area contributed by atoms with Crippen molar-refractivity contribution in [2.75, 3.05) is 0 Å². The number of hydrogen-bond donors (Lipinski definition) is 1. The Kier molecular flexibility index (Phi) is 3.99. The summed E-state index contributed by atoms with van der Waals surface area (Å²) in [5, 5.41) is 12.9. The van der Waals surface area contributed by atoms with E-state index in [1.54, 1.807) is 13.8 Å². The van der Waals surface area contributed by atoms with Crippen LogP contribution in [0, 0.1) is 5.92 Å². The third kappa shape index (κ3) is 2.84. The fourth-order valence-corrected chi connectivity index (χ4v) is 2.06. The van der Waals surface area contributed by atoms with Crippen molar-refractivity contribution < 1.29 is 14.4 Å². The number of carboxylic acid groups (broad SMARTS) is 1. The minimum atomic E-state index is -0.881. The maximum Gasteiger partial charge on any atom is 0.307 e. The van der Waals surface area contributed by atoms with E-state index in [2.05, 4.69) is 26.1 Å². The molecule has 6 heteroatoms. The molecule has 2 unspecified atom stereocenters. The summed E-state index contributed by atoms with van der Waals surface area (Å²) in [6.07, 6.45) is 0. The molecule has 5 nitrogen and oxygen atoms in total. The molecule has 0 radical (unpaired) electrons. The van der Waals surface area contributed by atoms with Crippen LogP contribution < -0.4 is 0 Å². The van der Waals surface area contributed by atoms with E-state index in [0.29, 0.717) is 11.7 Å². The van der Waals surface area contributed by atoms with Crippen molar-refractivity contribution >= 4 is 21.9 Å². The van der Waals surface area contributed by atoms with Crippen molar-refractivity contribution in [3.63, 3.8) is 0 Å². The van der Waals surface area contributed by atoms with E-state index in [-0.39, 0.29) is 5.92 Å². The van der Waals surface area contributed by atoms with Gasteiger partial charge in [-0.1, -0.05) is 47.1 Å². The molecule has 1 heterocycles. The molecule has 0 amide bonds. The summed E-state index contributed by atoms with van der Waals surface area (Å²) in [6, 6.07) is 7.52. The molecule has 1 N–H and O–H groups in total. The van der Waals surface area contributed by atoms with Gasteiger partial charge >= 0.3 is 5.97 Å². The van der Waals surface area contributed by atoms with E-state index >= 15 is 0 Å². The molecule has 0 saturated carbocycles. The van der Waals surface area contributed by atoms with E-state index in [0.717, 1.165) is 10.0 Å². The Balaban J connectivity index is 2.29. The van der Waals surface area contributed by atoms with Gasteiger partial charge in [-0.25, -0.2) is 0 Å². The van der Waals surface area contributed by atoms with Crippen LogP contribution in [0.3, 0.4) is 0 Å². The van der Waals surface area contributed by atoms with Gasteiger partial charge in [-0.05, 0) is 12.1 Å². The Bertz CT molecular complexity index is 597. The Labute approximate surface area is 118 Å². The van der Waals surface area contributed by atoms with Crippen LogP contribution in [-0.2, 0) is 4.79 Å². The lowest BCUT2D eigenvalue weighted by Gasteiger charge is -2.10. The second kappa shape index (κ2) is 5.52. The summed E-state index contributed by atoms with van der Waals surface area (Å²) in [4.78, 5) is 15.2. The minimum absolute atomic E-state index is 0.332. The van der Waals surface area contributed by atoms with Crippen molar-refractivity contribution in [2.24, 2.45) is 5.92 Å². The SMILES string of the molecule is CC(C(=O)O)C(C)c1nc(-c2ccccc2Br)no1. The van der Waals surface area contributed by atoms with Gasteiger partial charge in [0.2, 0.25) is 11.7 Å². The summed E-state index contributed by atoms with van der Waals surface area (Å²) >= 11 is 3.42. The summed E-state index contributed by atoms with van der Waals surface area (Å²) < 4.78 is 6.02. The van der Waals surface area contributed by atoms with Gasteiger partial charge < -0.3 is 9.63 Å². The minimum Gasteiger partial charge on any atom is -0.481 e. The van der Waals surface area contributed by atoms with Gasteiger partial charge in [-0.2, -0.15) is 4.98 Å². The summed E-state index contributed by atoms with van der Waals surface area (Å²) in [6.45, 7) is 3.38. The average Bonchev–Trinajstić information content (AvgIpc) is 2.86. The van der Waals surface area contributed by atoms with E-state index in [1.165, 1.54) is 0 Å². The fourth-order valence-electron chi connectivity index (χ4n) is 1.60. The van der Waals surface area contributed by atoms with Gasteiger partial charge in [0, 0.05) is 16.0 Å². The largest absolute Gasteiger partial charge is 0.481 e. The standard InChI is InChI=1S/C13H13BrN2O3/c1-7(8(2)13(17)18)12-15-11(16-19-12)9-5-3-4-6-10(9)14/h3-8H,1-2H3,(H,17,18). The number of aromatic nitrogens is 2. The number of halogens is 1. The molecule has 0 fully saturated rings. The number of benzene rings is 1. The van der Waals surface area contributed by atoms with E-state index in [9.17, 15) is 4.79 Å². The zero-order valence-electron chi connectivity index (χ0n) is 10.5. The zero-order valence-corrected chi connectivity index (χ0v) is 12.1. The molecule has 0 aliphatic heterocycles. The average molecular weight is 325 g/mol. The third-order valence-corrected chi connectivity index (χ3v) is 3.78. The normalized spacial score (nSPS) is 14.1. The molecule has 0 saturated heterocycles. The van der Waals surface area contributed by atoms with Gasteiger partial charge in [-0.3, -0.25) is 4.79 Å². The molecule has 0 spiro atoms. The van der Waals surface area contributed by atoms with Crippen LogP contribution in [0.15, 0.2) is 33.3 Å². The molecule has 0 bridgehead atoms. The first-order valence-corrected chi connectivity index (χ1v) is 6.61. The Morgan fingerprint density at radius 2 is 2.05 bits per heavy atom.